The molecule has 0 aliphatic rings. The molecule has 0 amide bonds. The molecule has 0 unspecified atom stereocenters. The quantitative estimate of drug-likeness (QED) is 0.280. The molecule has 0 saturated heterocycles. The molecule has 1 N–H and O–H groups in total. The highest BCUT2D eigenvalue weighted by molar-refractivity contribution is 5.69. The fourth-order valence-corrected chi connectivity index (χ4v) is 0.847. The number of rotatable bonds is 7. The Kier molecular flexibility index (Phi) is 8.12. The van der Waals surface area contributed by atoms with Crippen LogP contribution in [-0.2, 0) is 9.53 Å². The summed E-state index contributed by atoms with van der Waals surface area (Å²) in [5, 5.41) is 2.61. The average molecular weight is 183 g/mol. The van der Waals surface area contributed by atoms with Gasteiger partial charge in [-0.2, -0.15) is 0 Å². The minimum absolute atomic E-state index is 0.182. The monoisotopic (exact) mass is 183 g/mol. The molecule has 0 aromatic rings. The molecular formula is C10H17NO2. The van der Waals surface area contributed by atoms with Crippen molar-refractivity contribution in [1.29, 1.82) is 0 Å². The molecule has 3 heteroatoms. The summed E-state index contributed by atoms with van der Waals surface area (Å²) in [6.07, 6.45) is 8.48. The Labute approximate surface area is 79.8 Å². The third-order valence-corrected chi connectivity index (χ3v) is 1.57. The van der Waals surface area contributed by atoms with Crippen LogP contribution in [0.25, 0.3) is 0 Å². The average Bonchev–Trinajstić information content (AvgIpc) is 2.13. The van der Waals surface area contributed by atoms with Gasteiger partial charge in [0.15, 0.2) is 0 Å². The number of esters is 1. The van der Waals surface area contributed by atoms with Crippen LogP contribution in [0.5, 0.6) is 0 Å². The van der Waals surface area contributed by atoms with Crippen molar-refractivity contribution in [3.05, 3.63) is 0 Å². The minimum Gasteiger partial charge on any atom is -0.466 e. The normalized spacial score (nSPS) is 8.92. The van der Waals surface area contributed by atoms with Gasteiger partial charge in [-0.25, -0.2) is 0 Å². The van der Waals surface area contributed by atoms with Gasteiger partial charge in [0.1, 0.15) is 0 Å². The first-order valence-electron chi connectivity index (χ1n) is 4.65. The maximum Gasteiger partial charge on any atom is 0.307 e. The van der Waals surface area contributed by atoms with E-state index >= 15 is 0 Å². The maximum atomic E-state index is 11.0. The number of terminal acetylenes is 1. The zero-order chi connectivity index (χ0) is 9.94. The van der Waals surface area contributed by atoms with Gasteiger partial charge in [0.25, 0.3) is 0 Å². The van der Waals surface area contributed by atoms with Gasteiger partial charge in [0, 0.05) is 12.6 Å². The van der Waals surface area contributed by atoms with Crippen LogP contribution in [0.1, 0.15) is 32.6 Å². The Morgan fingerprint density at radius 1 is 1.54 bits per heavy atom. The van der Waals surface area contributed by atoms with E-state index in [0.29, 0.717) is 19.6 Å². The highest BCUT2D eigenvalue weighted by Crippen LogP contribution is 1.95. The highest BCUT2D eigenvalue weighted by atomic mass is 16.5. The first-order valence-corrected chi connectivity index (χ1v) is 4.65. The molecule has 0 radical (unpaired) electrons. The lowest BCUT2D eigenvalue weighted by atomic mass is 10.3. The van der Waals surface area contributed by atoms with Crippen LogP contribution >= 0.6 is 0 Å². The lowest BCUT2D eigenvalue weighted by Crippen LogP contribution is -2.15. The second kappa shape index (κ2) is 8.92. The number of ether oxygens (including phenoxy) is 1. The fourth-order valence-electron chi connectivity index (χ4n) is 0.847. The molecule has 0 aromatic carbocycles. The zero-order valence-corrected chi connectivity index (χ0v) is 8.14. The lowest BCUT2D eigenvalue weighted by molar-refractivity contribution is -0.143. The first-order chi connectivity index (χ1) is 6.31. The Bertz CT molecular complexity index is 172. The van der Waals surface area contributed by atoms with Gasteiger partial charge in [0.05, 0.1) is 13.0 Å². The number of unbranched alkanes of at least 4 members (excludes halogenated alkanes) is 2. The molecular weight excluding hydrogens is 166 g/mol. The van der Waals surface area contributed by atoms with Crippen molar-refractivity contribution in [2.45, 2.75) is 32.6 Å². The molecule has 0 bridgehead atoms. The molecule has 3 nitrogen and oxygen atoms in total. The molecule has 0 rings (SSSR count). The van der Waals surface area contributed by atoms with Gasteiger partial charge < -0.3 is 10.1 Å². The number of hydrogen-bond donors (Lipinski definition) is 1. The number of hydrogen-bond acceptors (Lipinski definition) is 3. The van der Waals surface area contributed by atoms with E-state index in [4.69, 9.17) is 11.2 Å². The van der Waals surface area contributed by atoms with Crippen molar-refractivity contribution in [3.8, 4) is 12.5 Å². The smallest absolute Gasteiger partial charge is 0.307 e. The number of carbonyl (C=O) groups is 1. The first kappa shape index (κ1) is 11.8. The van der Waals surface area contributed by atoms with E-state index < -0.39 is 0 Å². The van der Waals surface area contributed by atoms with Gasteiger partial charge in [0.2, 0.25) is 0 Å². The summed E-state index contributed by atoms with van der Waals surface area (Å²) >= 11 is 0. The van der Waals surface area contributed by atoms with Crippen LogP contribution < -0.4 is 5.32 Å². The van der Waals surface area contributed by atoms with E-state index in [9.17, 15) is 4.79 Å². The molecule has 0 fully saturated rings. The molecule has 0 saturated carbocycles. The topological polar surface area (TPSA) is 38.3 Å². The fraction of sp³-hybridized carbons (Fsp3) is 0.700. The van der Waals surface area contributed by atoms with Gasteiger partial charge in [-0.3, -0.25) is 4.79 Å². The van der Waals surface area contributed by atoms with E-state index in [1.807, 2.05) is 0 Å². The summed E-state index contributed by atoms with van der Waals surface area (Å²) in [6.45, 7) is 3.13. The molecule has 0 aromatic heterocycles. The maximum absolute atomic E-state index is 11.0. The van der Waals surface area contributed by atoms with Gasteiger partial charge in [-0.1, -0.05) is 26.2 Å². The molecule has 0 aliphatic carbocycles. The van der Waals surface area contributed by atoms with E-state index in [1.165, 1.54) is 0 Å². The summed E-state index contributed by atoms with van der Waals surface area (Å²) in [4.78, 5) is 11.0. The molecule has 74 valence electrons. The molecule has 0 atom stereocenters. The lowest BCUT2D eigenvalue weighted by Gasteiger charge is -2.03. The van der Waals surface area contributed by atoms with Gasteiger partial charge >= 0.3 is 5.97 Å². The van der Waals surface area contributed by atoms with E-state index in [-0.39, 0.29) is 5.97 Å². The summed E-state index contributed by atoms with van der Waals surface area (Å²) in [6, 6.07) is 2.24. The Morgan fingerprint density at radius 2 is 2.31 bits per heavy atom. The Hall–Kier alpha value is -1.17. The number of carbonyl (C=O) groups excluding carboxylic acids is 1. The molecule has 0 spiro atoms. The van der Waals surface area contributed by atoms with Crippen molar-refractivity contribution in [2.75, 3.05) is 13.2 Å². The van der Waals surface area contributed by atoms with Crippen LogP contribution in [0.2, 0.25) is 0 Å². The van der Waals surface area contributed by atoms with Gasteiger partial charge in [-0.05, 0) is 6.42 Å². The summed E-state index contributed by atoms with van der Waals surface area (Å²) in [5.74, 6) is -0.182. The third kappa shape index (κ3) is 8.74. The summed E-state index contributed by atoms with van der Waals surface area (Å²) in [7, 11) is 0. The standard InChI is InChI=1S/C10H17NO2/c1-3-5-6-9-13-10(12)7-8-11-4-2/h2,11H,3,5-9H2,1H3. The molecule has 0 heterocycles. The predicted octanol–water partition coefficient (Wildman–Crippen LogP) is 1.29. The van der Waals surface area contributed by atoms with Crippen LogP contribution in [0.4, 0.5) is 0 Å². The van der Waals surface area contributed by atoms with Crippen molar-refractivity contribution in [2.24, 2.45) is 0 Å². The van der Waals surface area contributed by atoms with E-state index in [0.717, 1.165) is 19.3 Å². The summed E-state index contributed by atoms with van der Waals surface area (Å²) < 4.78 is 4.94. The second-order valence-electron chi connectivity index (χ2n) is 2.75. The van der Waals surface area contributed by atoms with E-state index in [1.54, 1.807) is 0 Å². The molecule has 13 heavy (non-hydrogen) atoms. The number of nitrogens with one attached hydrogen (secondary N) is 1. The second-order valence-corrected chi connectivity index (χ2v) is 2.75. The third-order valence-electron chi connectivity index (χ3n) is 1.57. The van der Waals surface area contributed by atoms with Crippen LogP contribution in [0, 0.1) is 12.5 Å². The van der Waals surface area contributed by atoms with Crippen molar-refractivity contribution >= 4 is 5.97 Å². The van der Waals surface area contributed by atoms with E-state index in [2.05, 4.69) is 18.3 Å². The minimum atomic E-state index is -0.182. The Morgan fingerprint density at radius 3 is 2.92 bits per heavy atom. The largest absolute Gasteiger partial charge is 0.466 e. The van der Waals surface area contributed by atoms with Crippen LogP contribution in [0.3, 0.4) is 0 Å². The van der Waals surface area contributed by atoms with Crippen molar-refractivity contribution < 1.29 is 9.53 Å². The predicted molar refractivity (Wildman–Crippen MR) is 51.9 cm³/mol. The summed E-state index contributed by atoms with van der Waals surface area (Å²) in [5.41, 5.74) is 0. The Balaban J connectivity index is 3.16. The molecule has 0 aliphatic heterocycles. The highest BCUT2D eigenvalue weighted by Gasteiger charge is 2.00. The van der Waals surface area contributed by atoms with Crippen LogP contribution in [-0.4, -0.2) is 19.1 Å². The van der Waals surface area contributed by atoms with Gasteiger partial charge in [-0.15, -0.1) is 0 Å². The zero-order valence-electron chi connectivity index (χ0n) is 8.14. The van der Waals surface area contributed by atoms with Crippen molar-refractivity contribution in [3.63, 3.8) is 0 Å². The van der Waals surface area contributed by atoms with Crippen molar-refractivity contribution in [1.82, 2.24) is 5.32 Å². The SMILES string of the molecule is C#CNCCC(=O)OCCCCC. The van der Waals surface area contributed by atoms with Crippen LogP contribution in [0.15, 0.2) is 0 Å².